The van der Waals surface area contributed by atoms with Gasteiger partial charge in [-0.05, 0) is 39.0 Å². The molecule has 1 saturated heterocycles. The molecule has 2 unspecified atom stereocenters. The van der Waals surface area contributed by atoms with Gasteiger partial charge in [-0.2, -0.15) is 0 Å². The zero-order valence-electron chi connectivity index (χ0n) is 15.0. The fourth-order valence-corrected chi connectivity index (χ4v) is 3.88. The van der Waals surface area contributed by atoms with Gasteiger partial charge >= 0.3 is 6.09 Å². The molecule has 140 valence electrons. The second kappa shape index (κ2) is 8.06. The Morgan fingerprint density at radius 1 is 0.920 bits per heavy atom. The highest BCUT2D eigenvalue weighted by atomic mass is 16.6. The molecule has 2 N–H and O–H groups in total. The van der Waals surface area contributed by atoms with Gasteiger partial charge in [0.05, 0.1) is 18.4 Å². The second-order valence-corrected chi connectivity index (χ2v) is 7.41. The highest BCUT2D eigenvalue weighted by Gasteiger charge is 2.48. The lowest BCUT2D eigenvalue weighted by molar-refractivity contribution is -0.128. The van der Waals surface area contributed by atoms with E-state index in [0.29, 0.717) is 32.2 Å². The highest BCUT2D eigenvalue weighted by Crippen LogP contribution is 2.39. The summed E-state index contributed by atoms with van der Waals surface area (Å²) in [6.45, 7) is 3.36. The Balaban J connectivity index is 1.36. The van der Waals surface area contributed by atoms with Gasteiger partial charge < -0.3 is 20.3 Å². The average molecular weight is 351 g/mol. The molecule has 3 aliphatic rings. The zero-order valence-corrected chi connectivity index (χ0v) is 15.0. The fourth-order valence-electron chi connectivity index (χ4n) is 3.88. The van der Waals surface area contributed by atoms with E-state index in [1.807, 2.05) is 0 Å². The molecule has 0 aromatic rings. The molecule has 3 fully saturated rings. The van der Waals surface area contributed by atoms with Crippen molar-refractivity contribution in [1.29, 1.82) is 0 Å². The average Bonchev–Trinajstić information content (AvgIpc) is 3.26. The van der Waals surface area contributed by atoms with Crippen molar-refractivity contribution in [3.8, 4) is 0 Å². The molecule has 0 bridgehead atoms. The maximum Gasteiger partial charge on any atom is 0.409 e. The lowest BCUT2D eigenvalue weighted by atomic mass is 10.0. The van der Waals surface area contributed by atoms with Crippen molar-refractivity contribution in [2.24, 2.45) is 11.8 Å². The molecule has 1 heterocycles. The summed E-state index contributed by atoms with van der Waals surface area (Å²) in [5, 5.41) is 6.14. The largest absolute Gasteiger partial charge is 0.450 e. The molecule has 2 atom stereocenters. The normalized spacial score (nSPS) is 27.0. The summed E-state index contributed by atoms with van der Waals surface area (Å²) < 4.78 is 5.00. The van der Waals surface area contributed by atoms with E-state index in [9.17, 15) is 14.4 Å². The van der Waals surface area contributed by atoms with Crippen LogP contribution in [0.15, 0.2) is 0 Å². The van der Waals surface area contributed by atoms with E-state index in [4.69, 9.17) is 4.74 Å². The summed E-state index contributed by atoms with van der Waals surface area (Å²) in [4.78, 5) is 37.9. The molecule has 25 heavy (non-hydrogen) atoms. The SMILES string of the molecule is CCOC(=O)N1CCC(NC(=O)C2CC2C(=O)NC2CCCC2)CC1. The highest BCUT2D eigenvalue weighted by molar-refractivity contribution is 5.92. The Labute approximate surface area is 148 Å². The summed E-state index contributed by atoms with van der Waals surface area (Å²) in [7, 11) is 0. The Hall–Kier alpha value is -1.79. The van der Waals surface area contributed by atoms with Gasteiger partial charge in [0.1, 0.15) is 0 Å². The van der Waals surface area contributed by atoms with Crippen molar-refractivity contribution in [2.75, 3.05) is 19.7 Å². The van der Waals surface area contributed by atoms with Crippen molar-refractivity contribution in [3.05, 3.63) is 0 Å². The second-order valence-electron chi connectivity index (χ2n) is 7.41. The molecule has 2 saturated carbocycles. The third kappa shape index (κ3) is 4.64. The molecule has 0 aromatic heterocycles. The number of carbonyl (C=O) groups is 3. The Morgan fingerprint density at radius 3 is 1.96 bits per heavy atom. The topological polar surface area (TPSA) is 87.7 Å². The number of piperidine rings is 1. The van der Waals surface area contributed by atoms with Crippen LogP contribution in [0.1, 0.15) is 51.9 Å². The summed E-state index contributed by atoms with van der Waals surface area (Å²) in [5.41, 5.74) is 0. The third-order valence-electron chi connectivity index (χ3n) is 5.53. The first-order chi connectivity index (χ1) is 12.1. The van der Waals surface area contributed by atoms with Crippen LogP contribution < -0.4 is 10.6 Å². The predicted octanol–water partition coefficient (Wildman–Crippen LogP) is 1.42. The number of hydrogen-bond donors (Lipinski definition) is 2. The Kier molecular flexibility index (Phi) is 5.81. The number of likely N-dealkylation sites (tertiary alicyclic amines) is 1. The van der Waals surface area contributed by atoms with Crippen LogP contribution in [0.3, 0.4) is 0 Å². The number of nitrogens with one attached hydrogen (secondary N) is 2. The summed E-state index contributed by atoms with van der Waals surface area (Å²) >= 11 is 0. The standard InChI is InChI=1S/C18H29N3O4/c1-2-25-18(24)21-9-7-13(8-10-21)20-17(23)15-11-14(15)16(22)19-12-5-3-4-6-12/h12-15H,2-11H2,1H3,(H,19,22)(H,20,23). The lowest BCUT2D eigenvalue weighted by Gasteiger charge is -2.31. The maximum atomic E-state index is 12.3. The number of amides is 3. The van der Waals surface area contributed by atoms with Crippen LogP contribution in [0.2, 0.25) is 0 Å². The van der Waals surface area contributed by atoms with Gasteiger partial charge in [0.15, 0.2) is 0 Å². The smallest absolute Gasteiger partial charge is 0.409 e. The molecule has 3 amide bonds. The maximum absolute atomic E-state index is 12.3. The van der Waals surface area contributed by atoms with Crippen LogP contribution >= 0.6 is 0 Å². The van der Waals surface area contributed by atoms with Crippen LogP contribution in [-0.4, -0.2) is 54.6 Å². The summed E-state index contributed by atoms with van der Waals surface area (Å²) in [6.07, 6.45) is 6.34. The van der Waals surface area contributed by atoms with Crippen LogP contribution in [0.25, 0.3) is 0 Å². The van der Waals surface area contributed by atoms with E-state index >= 15 is 0 Å². The molecule has 3 rings (SSSR count). The van der Waals surface area contributed by atoms with Crippen molar-refractivity contribution in [3.63, 3.8) is 0 Å². The van der Waals surface area contributed by atoms with Crippen LogP contribution in [0.5, 0.6) is 0 Å². The molecule has 1 aliphatic heterocycles. The molecular weight excluding hydrogens is 322 g/mol. The van der Waals surface area contributed by atoms with Crippen LogP contribution in [0, 0.1) is 11.8 Å². The van der Waals surface area contributed by atoms with E-state index in [1.54, 1.807) is 11.8 Å². The van der Waals surface area contributed by atoms with Gasteiger partial charge in [-0.25, -0.2) is 4.79 Å². The Bertz CT molecular complexity index is 510. The third-order valence-corrected chi connectivity index (χ3v) is 5.53. The van der Waals surface area contributed by atoms with E-state index < -0.39 is 0 Å². The van der Waals surface area contributed by atoms with Gasteiger partial charge in [0, 0.05) is 25.2 Å². The quantitative estimate of drug-likeness (QED) is 0.784. The first-order valence-corrected chi connectivity index (χ1v) is 9.61. The minimum absolute atomic E-state index is 0.0128. The molecule has 0 radical (unpaired) electrons. The molecule has 7 nitrogen and oxygen atoms in total. The summed E-state index contributed by atoms with van der Waals surface area (Å²) in [6, 6.07) is 0.390. The monoisotopic (exact) mass is 351 g/mol. The van der Waals surface area contributed by atoms with Gasteiger partial charge in [0.25, 0.3) is 0 Å². The van der Waals surface area contributed by atoms with E-state index in [2.05, 4.69) is 10.6 Å². The van der Waals surface area contributed by atoms with Crippen LogP contribution in [0.4, 0.5) is 4.79 Å². The number of hydrogen-bond acceptors (Lipinski definition) is 4. The predicted molar refractivity (Wildman–Crippen MR) is 91.8 cm³/mol. The van der Waals surface area contributed by atoms with Crippen molar-refractivity contribution >= 4 is 17.9 Å². The first-order valence-electron chi connectivity index (χ1n) is 9.61. The van der Waals surface area contributed by atoms with Crippen LogP contribution in [-0.2, 0) is 14.3 Å². The number of nitrogens with zero attached hydrogens (tertiary/aromatic N) is 1. The molecule has 0 spiro atoms. The van der Waals surface area contributed by atoms with Gasteiger partial charge in [-0.1, -0.05) is 12.8 Å². The fraction of sp³-hybridized carbons (Fsp3) is 0.833. The molecular formula is C18H29N3O4. The molecule has 0 aromatic carbocycles. The number of ether oxygens (including phenoxy) is 1. The minimum Gasteiger partial charge on any atom is -0.450 e. The molecule has 7 heteroatoms. The first kappa shape index (κ1) is 18.0. The van der Waals surface area contributed by atoms with Crippen molar-refractivity contribution in [2.45, 2.75) is 64.0 Å². The summed E-state index contributed by atoms with van der Waals surface area (Å²) in [5.74, 6) is -0.296. The number of carbonyl (C=O) groups excluding carboxylic acids is 3. The van der Waals surface area contributed by atoms with E-state index in [1.165, 1.54) is 12.8 Å². The van der Waals surface area contributed by atoms with Crippen molar-refractivity contribution in [1.82, 2.24) is 15.5 Å². The Morgan fingerprint density at radius 2 is 1.44 bits per heavy atom. The number of rotatable bonds is 5. The zero-order chi connectivity index (χ0) is 17.8. The van der Waals surface area contributed by atoms with Gasteiger partial charge in [0.2, 0.25) is 11.8 Å². The van der Waals surface area contributed by atoms with E-state index in [0.717, 1.165) is 25.7 Å². The van der Waals surface area contributed by atoms with Gasteiger partial charge in [-0.15, -0.1) is 0 Å². The lowest BCUT2D eigenvalue weighted by Crippen LogP contribution is -2.47. The molecule has 2 aliphatic carbocycles. The van der Waals surface area contributed by atoms with Gasteiger partial charge in [-0.3, -0.25) is 9.59 Å². The van der Waals surface area contributed by atoms with Crippen molar-refractivity contribution < 1.29 is 19.1 Å². The minimum atomic E-state index is -0.280. The van der Waals surface area contributed by atoms with E-state index in [-0.39, 0.29) is 35.8 Å².